The molecule has 0 atom stereocenters. The largest absolute Gasteiger partial charge is 0.452 e. The third kappa shape index (κ3) is 5.65. The van der Waals surface area contributed by atoms with Crippen LogP contribution in [0.25, 0.3) is 106 Å². The molecule has 6 heteroatoms. The van der Waals surface area contributed by atoms with Gasteiger partial charge in [-0.1, -0.05) is 97.1 Å². The molecule has 0 saturated carbocycles. The lowest BCUT2D eigenvalue weighted by Crippen LogP contribution is -2.10. The lowest BCUT2D eigenvalue weighted by molar-refractivity contribution is 0.634. The topological polar surface area (TPSA) is 32.8 Å². The van der Waals surface area contributed by atoms with Gasteiger partial charge < -0.3 is 18.6 Å². The van der Waals surface area contributed by atoms with Crippen molar-refractivity contribution >= 4 is 163 Å². The number of benzene rings is 11. The predicted octanol–water partition coefficient (Wildman–Crippen LogP) is 19.5. The Balaban J connectivity index is 0.863. The average molecular weight is 905 g/mol. The van der Waals surface area contributed by atoms with E-state index < -0.39 is 0 Å². The Bertz CT molecular complexity index is 4230. The van der Waals surface area contributed by atoms with Gasteiger partial charge in [0, 0.05) is 84.6 Å². The second kappa shape index (κ2) is 14.5. The number of hydrogen-bond acceptors (Lipinski definition) is 6. The second-order valence-electron chi connectivity index (χ2n) is 17.6. The molecule has 0 N–H and O–H groups in total. The Morgan fingerprint density at radius 1 is 0.279 bits per heavy atom. The van der Waals surface area contributed by atoms with Crippen molar-refractivity contribution in [1.82, 2.24) is 0 Å². The zero-order chi connectivity index (χ0) is 44.5. The van der Waals surface area contributed by atoms with Crippen LogP contribution in [0.4, 0.5) is 34.1 Å². The van der Waals surface area contributed by atoms with E-state index in [1.807, 2.05) is 22.7 Å². The molecule has 11 aromatic carbocycles. The fraction of sp³-hybridized carbons (Fsp3) is 0. The van der Waals surface area contributed by atoms with Crippen LogP contribution in [0, 0.1) is 0 Å². The zero-order valence-corrected chi connectivity index (χ0v) is 37.9. The number of fused-ring (bicyclic) bond motifs is 15. The third-order valence-corrected chi connectivity index (χ3v) is 16.0. The van der Waals surface area contributed by atoms with E-state index in [2.05, 4.69) is 228 Å². The molecule has 0 fully saturated rings. The zero-order valence-electron chi connectivity index (χ0n) is 36.3. The smallest absolute Gasteiger partial charge is 0.178 e. The summed E-state index contributed by atoms with van der Waals surface area (Å²) in [5.74, 6) is 0. The fourth-order valence-electron chi connectivity index (χ4n) is 10.7. The summed E-state index contributed by atoms with van der Waals surface area (Å²) in [7, 11) is 0. The fourth-order valence-corrected chi connectivity index (χ4v) is 13.0. The standard InChI is InChI=1S/C62H36N2O2S2/c1-3-13-41(14-4-1)63(51-19-11-23-57-59(51)47-17-7-9-21-55(47)67-57)43-27-25-37-33-49-45-29-30-46-50-34-38-26-28-44(32-40(38)36-54(50)66-62(46)61(45)65-53(49)35-39(37)31-43)64(42-15-5-2-6-16-42)52-20-12-24-58-60(52)48-18-8-10-22-56(48)68-58/h1-36H. The van der Waals surface area contributed by atoms with E-state index in [1.54, 1.807) is 0 Å². The minimum atomic E-state index is 0.766. The number of anilines is 6. The van der Waals surface area contributed by atoms with Gasteiger partial charge in [0.25, 0.3) is 0 Å². The summed E-state index contributed by atoms with van der Waals surface area (Å²) < 4.78 is 18.8. The van der Waals surface area contributed by atoms with E-state index in [0.29, 0.717) is 0 Å². The van der Waals surface area contributed by atoms with Crippen LogP contribution < -0.4 is 9.80 Å². The Morgan fingerprint density at radius 3 is 1.18 bits per heavy atom. The van der Waals surface area contributed by atoms with Crippen LogP contribution in [0.3, 0.4) is 0 Å². The molecule has 0 spiro atoms. The van der Waals surface area contributed by atoms with Gasteiger partial charge in [0.2, 0.25) is 0 Å². The molecule has 4 heterocycles. The Morgan fingerprint density at radius 2 is 0.706 bits per heavy atom. The molecule has 0 amide bonds. The van der Waals surface area contributed by atoms with Crippen LogP contribution >= 0.6 is 22.7 Å². The third-order valence-electron chi connectivity index (χ3n) is 13.7. The van der Waals surface area contributed by atoms with E-state index >= 15 is 0 Å². The van der Waals surface area contributed by atoms with Gasteiger partial charge >= 0.3 is 0 Å². The summed E-state index contributed by atoms with van der Waals surface area (Å²) >= 11 is 3.69. The van der Waals surface area contributed by atoms with Gasteiger partial charge in [0.05, 0.1) is 11.4 Å². The van der Waals surface area contributed by atoms with Gasteiger partial charge in [-0.05, 0) is 143 Å². The van der Waals surface area contributed by atoms with E-state index in [9.17, 15) is 0 Å². The van der Waals surface area contributed by atoms with Crippen LogP contribution in [0.15, 0.2) is 227 Å². The van der Waals surface area contributed by atoms with Crippen molar-refractivity contribution in [2.75, 3.05) is 9.80 Å². The first-order valence-electron chi connectivity index (χ1n) is 22.9. The quantitative estimate of drug-likeness (QED) is 0.166. The number of nitrogens with zero attached hydrogens (tertiary/aromatic N) is 2. The number of hydrogen-bond donors (Lipinski definition) is 0. The Hall–Kier alpha value is -8.42. The highest BCUT2D eigenvalue weighted by Crippen LogP contribution is 2.48. The Labute approximate surface area is 397 Å². The van der Waals surface area contributed by atoms with Gasteiger partial charge in [0.1, 0.15) is 11.2 Å². The second-order valence-corrected chi connectivity index (χ2v) is 19.8. The predicted molar refractivity (Wildman–Crippen MR) is 291 cm³/mol. The maximum Gasteiger partial charge on any atom is 0.178 e. The molecule has 0 radical (unpaired) electrons. The SMILES string of the molecule is c1ccc(N(c2ccc3cc4c(cc3c2)oc2c4ccc3c4cc5ccc(N(c6ccccc6)c6cccc7sc8ccccc8c67)cc5cc4oc32)c2cccc3sc4ccccc4c23)cc1. The molecule has 318 valence electrons. The summed E-state index contributed by atoms with van der Waals surface area (Å²) in [6, 6.07) is 79.0. The molecular weight excluding hydrogens is 869 g/mol. The lowest BCUT2D eigenvalue weighted by Gasteiger charge is -2.26. The van der Waals surface area contributed by atoms with Gasteiger partial charge in [-0.2, -0.15) is 0 Å². The van der Waals surface area contributed by atoms with Crippen molar-refractivity contribution in [3.05, 3.63) is 218 Å². The van der Waals surface area contributed by atoms with Crippen LogP contribution in [-0.4, -0.2) is 0 Å². The number of para-hydroxylation sites is 2. The van der Waals surface area contributed by atoms with Crippen molar-refractivity contribution in [2.45, 2.75) is 0 Å². The van der Waals surface area contributed by atoms with Crippen molar-refractivity contribution in [3.8, 4) is 0 Å². The molecule has 0 bridgehead atoms. The molecule has 15 aromatic rings. The van der Waals surface area contributed by atoms with Crippen LogP contribution in [-0.2, 0) is 0 Å². The highest BCUT2D eigenvalue weighted by molar-refractivity contribution is 7.26. The summed E-state index contributed by atoms with van der Waals surface area (Å²) in [6.07, 6.45) is 0. The Kier molecular flexibility index (Phi) is 8.07. The van der Waals surface area contributed by atoms with Crippen molar-refractivity contribution in [2.24, 2.45) is 0 Å². The highest BCUT2D eigenvalue weighted by atomic mass is 32.1. The first kappa shape index (κ1) is 37.8. The summed E-state index contributed by atoms with van der Waals surface area (Å²) in [6.45, 7) is 0. The van der Waals surface area contributed by atoms with E-state index in [4.69, 9.17) is 8.83 Å². The van der Waals surface area contributed by atoms with Crippen LogP contribution in [0.5, 0.6) is 0 Å². The van der Waals surface area contributed by atoms with E-state index in [0.717, 1.165) is 99.5 Å². The van der Waals surface area contributed by atoms with Crippen LogP contribution in [0.2, 0.25) is 0 Å². The lowest BCUT2D eigenvalue weighted by atomic mass is 10.0. The first-order valence-corrected chi connectivity index (χ1v) is 24.5. The minimum absolute atomic E-state index is 0.766. The molecule has 0 unspecified atom stereocenters. The van der Waals surface area contributed by atoms with Crippen molar-refractivity contribution in [3.63, 3.8) is 0 Å². The number of rotatable bonds is 6. The van der Waals surface area contributed by atoms with E-state index in [-0.39, 0.29) is 0 Å². The van der Waals surface area contributed by atoms with Crippen molar-refractivity contribution in [1.29, 1.82) is 0 Å². The molecular formula is C62H36N2O2S2. The molecule has 0 aliphatic heterocycles. The molecule has 15 rings (SSSR count). The highest BCUT2D eigenvalue weighted by Gasteiger charge is 2.22. The monoisotopic (exact) mass is 904 g/mol. The maximum atomic E-state index is 6.86. The average Bonchev–Trinajstić information content (AvgIpc) is 4.16. The van der Waals surface area contributed by atoms with E-state index in [1.165, 1.54) is 40.3 Å². The molecule has 68 heavy (non-hydrogen) atoms. The summed E-state index contributed by atoms with van der Waals surface area (Å²) in [4.78, 5) is 4.78. The number of furan rings is 2. The molecule has 4 nitrogen and oxygen atoms in total. The summed E-state index contributed by atoms with van der Waals surface area (Å²) in [5.41, 5.74) is 9.89. The van der Waals surface area contributed by atoms with Gasteiger partial charge in [-0.25, -0.2) is 0 Å². The number of thiophene rings is 2. The first-order chi connectivity index (χ1) is 33.7. The minimum Gasteiger partial charge on any atom is -0.452 e. The van der Waals surface area contributed by atoms with Gasteiger partial charge in [-0.15, -0.1) is 22.7 Å². The maximum absolute atomic E-state index is 6.86. The van der Waals surface area contributed by atoms with Gasteiger partial charge in [0.15, 0.2) is 11.2 Å². The molecule has 4 aromatic heterocycles. The molecule has 0 aliphatic rings. The van der Waals surface area contributed by atoms with Crippen molar-refractivity contribution < 1.29 is 8.83 Å². The van der Waals surface area contributed by atoms with Crippen LogP contribution in [0.1, 0.15) is 0 Å². The normalized spacial score (nSPS) is 12.1. The molecule has 0 aliphatic carbocycles. The summed E-state index contributed by atoms with van der Waals surface area (Å²) in [5, 5.41) is 13.8. The van der Waals surface area contributed by atoms with Gasteiger partial charge in [-0.3, -0.25) is 0 Å². The molecule has 0 saturated heterocycles.